The number of aliphatic hydroxyl groups is 1. The first kappa shape index (κ1) is 16.4. The maximum Gasteiger partial charge on any atom is 0.222 e. The molecule has 0 aromatic rings. The van der Waals surface area contributed by atoms with Crippen molar-refractivity contribution in [2.24, 2.45) is 5.92 Å². The lowest BCUT2D eigenvalue weighted by Crippen LogP contribution is -2.38. The highest BCUT2D eigenvalue weighted by Crippen LogP contribution is 2.09. The van der Waals surface area contributed by atoms with Gasteiger partial charge in [0.05, 0.1) is 6.10 Å². The van der Waals surface area contributed by atoms with Crippen LogP contribution in [0.3, 0.4) is 0 Å². The van der Waals surface area contributed by atoms with E-state index < -0.39 is 0 Å². The molecular weight excluding hydrogens is 244 g/mol. The predicted octanol–water partition coefficient (Wildman–Crippen LogP) is 0.622. The van der Waals surface area contributed by atoms with E-state index in [0.717, 1.165) is 51.9 Å². The summed E-state index contributed by atoms with van der Waals surface area (Å²) < 4.78 is 4.97. The number of carbonyl (C=O) groups is 1. The Balaban J connectivity index is 2.02. The predicted molar refractivity (Wildman–Crippen MR) is 75.0 cm³/mol. The molecule has 0 bridgehead atoms. The number of amides is 1. The molecule has 5 heteroatoms. The van der Waals surface area contributed by atoms with Crippen molar-refractivity contribution in [1.82, 2.24) is 10.2 Å². The SMILES string of the molecule is COCCC(C)C(=O)NCCCN1CCC(O)CC1. The van der Waals surface area contributed by atoms with Gasteiger partial charge < -0.3 is 20.1 Å². The molecule has 0 aromatic heterocycles. The summed E-state index contributed by atoms with van der Waals surface area (Å²) in [5.74, 6) is 0.135. The number of rotatable bonds is 8. The van der Waals surface area contributed by atoms with Crippen LogP contribution in [0.15, 0.2) is 0 Å². The number of ether oxygens (including phenoxy) is 1. The fourth-order valence-electron chi connectivity index (χ4n) is 2.26. The summed E-state index contributed by atoms with van der Waals surface area (Å²) in [6.07, 6.45) is 3.38. The number of nitrogens with zero attached hydrogens (tertiary/aromatic N) is 1. The standard InChI is InChI=1S/C14H28N2O3/c1-12(6-11-19-2)14(18)15-7-3-8-16-9-4-13(17)5-10-16/h12-13,17H,3-11H2,1-2H3,(H,15,18). The quantitative estimate of drug-likeness (QED) is 0.636. The monoisotopic (exact) mass is 272 g/mol. The highest BCUT2D eigenvalue weighted by atomic mass is 16.5. The second-order valence-corrected chi connectivity index (χ2v) is 5.40. The number of carbonyl (C=O) groups excluding carboxylic acids is 1. The number of hydrogen-bond donors (Lipinski definition) is 2. The van der Waals surface area contributed by atoms with Crippen LogP contribution >= 0.6 is 0 Å². The summed E-state index contributed by atoms with van der Waals surface area (Å²) >= 11 is 0. The molecule has 1 aliphatic heterocycles. The van der Waals surface area contributed by atoms with Gasteiger partial charge in [-0.25, -0.2) is 0 Å². The molecule has 0 saturated carbocycles. The van der Waals surface area contributed by atoms with Crippen molar-refractivity contribution in [2.45, 2.75) is 38.7 Å². The Morgan fingerprint density at radius 2 is 2.16 bits per heavy atom. The Morgan fingerprint density at radius 1 is 1.47 bits per heavy atom. The van der Waals surface area contributed by atoms with Gasteiger partial charge in [-0.2, -0.15) is 0 Å². The van der Waals surface area contributed by atoms with Gasteiger partial charge in [0.1, 0.15) is 0 Å². The minimum atomic E-state index is -0.113. The van der Waals surface area contributed by atoms with Crippen LogP contribution in [0.25, 0.3) is 0 Å². The third-order valence-electron chi connectivity index (χ3n) is 3.71. The van der Waals surface area contributed by atoms with Crippen molar-refractivity contribution in [3.8, 4) is 0 Å². The van der Waals surface area contributed by atoms with E-state index in [4.69, 9.17) is 4.74 Å². The smallest absolute Gasteiger partial charge is 0.222 e. The second kappa shape index (κ2) is 9.28. The third-order valence-corrected chi connectivity index (χ3v) is 3.71. The molecule has 0 aromatic carbocycles. The summed E-state index contributed by atoms with van der Waals surface area (Å²) in [7, 11) is 1.65. The summed E-state index contributed by atoms with van der Waals surface area (Å²) in [6, 6.07) is 0. The lowest BCUT2D eigenvalue weighted by atomic mass is 10.1. The van der Waals surface area contributed by atoms with Crippen LogP contribution < -0.4 is 5.32 Å². The molecule has 19 heavy (non-hydrogen) atoms. The minimum absolute atomic E-state index is 0.0186. The molecule has 112 valence electrons. The van der Waals surface area contributed by atoms with Crippen LogP contribution in [0.4, 0.5) is 0 Å². The highest BCUT2D eigenvalue weighted by molar-refractivity contribution is 5.78. The number of hydrogen-bond acceptors (Lipinski definition) is 4. The van der Waals surface area contributed by atoms with Crippen molar-refractivity contribution in [3.05, 3.63) is 0 Å². The Hall–Kier alpha value is -0.650. The van der Waals surface area contributed by atoms with Crippen molar-refractivity contribution in [3.63, 3.8) is 0 Å². The van der Waals surface area contributed by atoms with Crippen molar-refractivity contribution in [2.75, 3.05) is 39.9 Å². The maximum atomic E-state index is 11.7. The normalized spacial score (nSPS) is 19.3. The van der Waals surface area contributed by atoms with E-state index in [9.17, 15) is 9.90 Å². The molecule has 0 aliphatic carbocycles. The Labute approximate surface area is 116 Å². The van der Waals surface area contributed by atoms with Gasteiger partial charge in [-0.15, -0.1) is 0 Å². The molecular formula is C14H28N2O3. The average molecular weight is 272 g/mol. The van der Waals surface area contributed by atoms with E-state index in [1.165, 1.54) is 0 Å². The van der Waals surface area contributed by atoms with E-state index in [2.05, 4.69) is 10.2 Å². The minimum Gasteiger partial charge on any atom is -0.393 e. The zero-order valence-corrected chi connectivity index (χ0v) is 12.2. The third kappa shape index (κ3) is 6.89. The Morgan fingerprint density at radius 3 is 2.79 bits per heavy atom. The average Bonchev–Trinajstić information content (AvgIpc) is 2.42. The number of nitrogens with one attached hydrogen (secondary N) is 1. The molecule has 1 rings (SSSR count). The van der Waals surface area contributed by atoms with E-state index >= 15 is 0 Å². The van der Waals surface area contributed by atoms with E-state index in [0.29, 0.717) is 6.61 Å². The van der Waals surface area contributed by atoms with Crippen molar-refractivity contribution < 1.29 is 14.6 Å². The number of methoxy groups -OCH3 is 1. The second-order valence-electron chi connectivity index (χ2n) is 5.40. The lowest BCUT2D eigenvalue weighted by Gasteiger charge is -2.29. The van der Waals surface area contributed by atoms with Gasteiger partial charge in [0.25, 0.3) is 0 Å². The van der Waals surface area contributed by atoms with Crippen LogP contribution in [-0.4, -0.2) is 61.9 Å². The van der Waals surface area contributed by atoms with Gasteiger partial charge in [-0.1, -0.05) is 6.92 Å². The number of likely N-dealkylation sites (tertiary alicyclic amines) is 1. The first-order valence-electron chi connectivity index (χ1n) is 7.30. The molecule has 0 spiro atoms. The zero-order valence-electron chi connectivity index (χ0n) is 12.2. The topological polar surface area (TPSA) is 61.8 Å². The van der Waals surface area contributed by atoms with Gasteiger partial charge in [-0.3, -0.25) is 4.79 Å². The summed E-state index contributed by atoms with van der Waals surface area (Å²) in [6.45, 7) is 6.23. The lowest BCUT2D eigenvalue weighted by molar-refractivity contribution is -0.125. The van der Waals surface area contributed by atoms with E-state index in [1.54, 1.807) is 7.11 Å². The fraction of sp³-hybridized carbons (Fsp3) is 0.929. The van der Waals surface area contributed by atoms with Gasteiger partial charge in [0.2, 0.25) is 5.91 Å². The van der Waals surface area contributed by atoms with Gasteiger partial charge in [-0.05, 0) is 32.2 Å². The van der Waals surface area contributed by atoms with Crippen molar-refractivity contribution in [1.29, 1.82) is 0 Å². The molecule has 5 nitrogen and oxygen atoms in total. The molecule has 2 N–H and O–H groups in total. The van der Waals surface area contributed by atoms with Gasteiger partial charge in [0.15, 0.2) is 0 Å². The fourth-order valence-corrected chi connectivity index (χ4v) is 2.26. The van der Waals surface area contributed by atoms with Crippen molar-refractivity contribution >= 4 is 5.91 Å². The van der Waals surface area contributed by atoms with Crippen LogP contribution in [0.2, 0.25) is 0 Å². The van der Waals surface area contributed by atoms with Crippen LogP contribution in [0, 0.1) is 5.92 Å². The van der Waals surface area contributed by atoms with E-state index in [-0.39, 0.29) is 17.9 Å². The summed E-state index contributed by atoms with van der Waals surface area (Å²) in [4.78, 5) is 14.1. The summed E-state index contributed by atoms with van der Waals surface area (Å²) in [5, 5.41) is 12.4. The zero-order chi connectivity index (χ0) is 14.1. The molecule has 1 unspecified atom stereocenters. The van der Waals surface area contributed by atoms with Gasteiger partial charge >= 0.3 is 0 Å². The number of piperidine rings is 1. The molecule has 1 aliphatic rings. The van der Waals surface area contributed by atoms with Crippen LogP contribution in [0.1, 0.15) is 32.6 Å². The van der Waals surface area contributed by atoms with Crippen LogP contribution in [-0.2, 0) is 9.53 Å². The van der Waals surface area contributed by atoms with Gasteiger partial charge in [0, 0.05) is 39.3 Å². The Bertz CT molecular complexity index is 253. The molecule has 1 atom stereocenters. The Kier molecular flexibility index (Phi) is 8.02. The molecule has 1 amide bonds. The molecule has 0 radical (unpaired) electrons. The first-order chi connectivity index (χ1) is 9.13. The molecule has 1 saturated heterocycles. The first-order valence-corrected chi connectivity index (χ1v) is 7.30. The van der Waals surface area contributed by atoms with E-state index in [1.807, 2.05) is 6.92 Å². The number of aliphatic hydroxyl groups excluding tert-OH is 1. The maximum absolute atomic E-state index is 11.7. The summed E-state index contributed by atoms with van der Waals surface area (Å²) in [5.41, 5.74) is 0. The van der Waals surface area contributed by atoms with Crippen LogP contribution in [0.5, 0.6) is 0 Å². The molecule has 1 fully saturated rings. The highest BCUT2D eigenvalue weighted by Gasteiger charge is 2.16. The molecule has 1 heterocycles. The largest absolute Gasteiger partial charge is 0.393 e.